The van der Waals surface area contributed by atoms with Crippen molar-refractivity contribution < 1.29 is 26.2 Å². The summed E-state index contributed by atoms with van der Waals surface area (Å²) in [6.45, 7) is 9.52. The van der Waals surface area contributed by atoms with Crippen molar-refractivity contribution in [3.63, 3.8) is 0 Å². The minimum Gasteiger partial charge on any atom is -0.0622 e. The second-order valence-electron chi connectivity index (χ2n) is 3.80. The quantitative estimate of drug-likeness (QED) is 0.325. The molecule has 0 aliphatic heterocycles. The molecule has 2 rings (SSSR count). The third kappa shape index (κ3) is 30.0. The molecule has 126 valence electrons. The molecule has 0 atom stereocenters. The first-order chi connectivity index (χ1) is 11.8. The normalized spacial score (nSPS) is 6.96. The Morgan fingerprint density at radius 2 is 0.840 bits per heavy atom. The molecule has 0 aliphatic rings. The second kappa shape index (κ2) is 35.2. The zero-order valence-corrected chi connectivity index (χ0v) is 32.2. The van der Waals surface area contributed by atoms with Gasteiger partial charge in [0.15, 0.2) is 0 Å². The molecule has 0 unspecified atom stereocenters. The Balaban J connectivity index is -0.000000171. The van der Waals surface area contributed by atoms with Gasteiger partial charge in [0.05, 0.1) is 0 Å². The molecule has 6 radical (unpaired) electrons. The maximum Gasteiger partial charge on any atom is 2.00 e. The first-order valence-corrected chi connectivity index (χ1v) is 27.6. The Morgan fingerprint density at radius 1 is 0.640 bits per heavy atom. The summed E-state index contributed by atoms with van der Waals surface area (Å²) in [7, 11) is 0. The van der Waals surface area contributed by atoms with E-state index in [-0.39, 0.29) is 26.2 Å². The van der Waals surface area contributed by atoms with Crippen LogP contribution in [-0.4, -0.2) is 119 Å². The van der Waals surface area contributed by atoms with Crippen molar-refractivity contribution in [2.24, 2.45) is 0 Å². The van der Waals surface area contributed by atoms with Gasteiger partial charge in [0.2, 0.25) is 0 Å². The Kier molecular flexibility index (Phi) is 50.8. The van der Waals surface area contributed by atoms with Crippen LogP contribution in [0.2, 0.25) is 0 Å². The summed E-state index contributed by atoms with van der Waals surface area (Å²) in [6.07, 6.45) is 2.26. The Morgan fingerprint density at radius 3 is 1.04 bits per heavy atom. The smallest absolute Gasteiger partial charge is 0.0622 e. The summed E-state index contributed by atoms with van der Waals surface area (Å²) in [5.74, 6) is 0. The predicted molar refractivity (Wildman–Crippen MR) is 115 cm³/mol. The first kappa shape index (κ1) is 36.1. The average Bonchev–Trinajstić information content (AvgIpc) is 2.66. The fourth-order valence-electron chi connectivity index (χ4n) is 1.58. The van der Waals surface area contributed by atoms with Crippen molar-refractivity contribution >= 4 is 119 Å². The molecular formula is C18H20Sb6Zr. The molecule has 25 heavy (non-hydrogen) atoms. The van der Waals surface area contributed by atoms with Gasteiger partial charge < -0.3 is 0 Å². The van der Waals surface area contributed by atoms with Crippen LogP contribution in [-0.2, 0) is 39.0 Å². The average molecular weight is 1060 g/mol. The van der Waals surface area contributed by atoms with E-state index in [0.29, 0.717) is 0 Å². The van der Waals surface area contributed by atoms with Crippen LogP contribution in [0.25, 0.3) is 0 Å². The van der Waals surface area contributed by atoms with E-state index in [1.807, 2.05) is 0 Å². The summed E-state index contributed by atoms with van der Waals surface area (Å²) in [6, 6.07) is 21.2. The van der Waals surface area contributed by atoms with Gasteiger partial charge in [0, 0.05) is 0 Å². The third-order valence-electron chi connectivity index (χ3n) is 2.39. The van der Waals surface area contributed by atoms with Gasteiger partial charge in [-0.15, -0.1) is 0 Å². The van der Waals surface area contributed by atoms with Crippen molar-refractivity contribution in [3.05, 3.63) is 93.0 Å². The summed E-state index contributed by atoms with van der Waals surface area (Å²) < 4.78 is 3.18. The minimum absolute atomic E-state index is 0. The number of hydrogen-bond donors (Lipinski definition) is 0. The summed E-state index contributed by atoms with van der Waals surface area (Å²) >= 11 is 9.78. The topological polar surface area (TPSA) is 0 Å². The molecule has 0 saturated carbocycles. The van der Waals surface area contributed by atoms with Gasteiger partial charge in [-0.05, 0) is 24.0 Å². The van der Waals surface area contributed by atoms with Crippen molar-refractivity contribution in [2.75, 3.05) is 0 Å². The van der Waals surface area contributed by atoms with E-state index in [4.69, 9.17) is 13.2 Å². The molecule has 0 bridgehead atoms. The van der Waals surface area contributed by atoms with Gasteiger partial charge in [0.1, 0.15) is 0 Å². The maximum atomic E-state index is 4.76. The number of hydrogen-bond acceptors (Lipinski definition) is 0. The molecule has 0 aliphatic carbocycles. The largest absolute Gasteiger partial charge is 2.00 e. The fourth-order valence-corrected chi connectivity index (χ4v) is 1.58. The van der Waals surface area contributed by atoms with E-state index >= 15 is 0 Å². The molecular weight excluding hydrogens is 1040 g/mol. The molecule has 2 aromatic rings. The molecule has 0 spiro atoms. The van der Waals surface area contributed by atoms with Crippen molar-refractivity contribution in [1.29, 1.82) is 0 Å². The van der Waals surface area contributed by atoms with E-state index in [0.717, 1.165) is 12.8 Å². The monoisotopic (exact) mass is 1050 g/mol. The van der Waals surface area contributed by atoms with E-state index in [1.54, 1.807) is 81.0 Å². The van der Waals surface area contributed by atoms with Crippen LogP contribution in [0.5, 0.6) is 0 Å². The van der Waals surface area contributed by atoms with Crippen LogP contribution in [0.4, 0.5) is 0 Å². The second-order valence-corrected chi connectivity index (χ2v) is 5.71. The summed E-state index contributed by atoms with van der Waals surface area (Å²) in [5, 5.41) is 0. The van der Waals surface area contributed by atoms with Crippen LogP contribution in [0.1, 0.15) is 11.1 Å². The van der Waals surface area contributed by atoms with Crippen LogP contribution >= 0.6 is 0 Å². The van der Waals surface area contributed by atoms with Gasteiger partial charge in [-0.3, -0.25) is 0 Å². The number of aryl methyl sites for hydroxylation is 2. The van der Waals surface area contributed by atoms with Gasteiger partial charge in [-0.25, -0.2) is 0 Å². The van der Waals surface area contributed by atoms with Gasteiger partial charge >= 0.3 is 166 Å². The molecule has 0 amide bonds. The number of rotatable bonds is 3. The molecule has 0 aromatic heterocycles. The SMILES string of the molecule is [CH-]=[CH][SbH].[CH-]=[CH][SbH].[Sb]=[Sb].[Sb]=[Sb].[Zr+2].c1ccc(CCc2ccccc2)cc1. The van der Waals surface area contributed by atoms with Gasteiger partial charge in [0.25, 0.3) is 0 Å². The molecule has 0 saturated heterocycles. The molecule has 0 nitrogen and oxygen atoms in total. The molecule has 0 heterocycles. The van der Waals surface area contributed by atoms with E-state index in [1.165, 1.54) is 57.2 Å². The van der Waals surface area contributed by atoms with Gasteiger partial charge in [-0.2, -0.15) is 0 Å². The minimum atomic E-state index is 0. The maximum absolute atomic E-state index is 4.76. The van der Waals surface area contributed by atoms with Crippen molar-refractivity contribution in [3.8, 4) is 0 Å². The molecule has 0 fully saturated rings. The first-order valence-electron chi connectivity index (χ1n) is 6.67. The van der Waals surface area contributed by atoms with Crippen molar-refractivity contribution in [1.82, 2.24) is 0 Å². The van der Waals surface area contributed by atoms with Gasteiger partial charge in [-0.1, -0.05) is 60.7 Å². The van der Waals surface area contributed by atoms with Crippen LogP contribution < -0.4 is 0 Å². The zero-order chi connectivity index (χ0) is 19.1. The van der Waals surface area contributed by atoms with Crippen LogP contribution in [0, 0.1) is 13.2 Å². The third-order valence-corrected chi connectivity index (χ3v) is 2.39. The predicted octanol–water partition coefficient (Wildman–Crippen LogP) is 1.61. The summed E-state index contributed by atoms with van der Waals surface area (Å²) in [5.41, 5.74) is 2.83. The van der Waals surface area contributed by atoms with Crippen molar-refractivity contribution in [2.45, 2.75) is 12.8 Å². The molecule has 0 N–H and O–H groups in total. The Bertz CT molecular complexity index is 446. The van der Waals surface area contributed by atoms with E-state index < -0.39 is 0 Å². The van der Waals surface area contributed by atoms with Crippen LogP contribution in [0.15, 0.2) is 68.7 Å². The van der Waals surface area contributed by atoms with Crippen LogP contribution in [0.3, 0.4) is 0 Å². The number of benzene rings is 2. The Hall–Kier alpha value is 3.71. The standard InChI is InChI=1S/C14H14.2C2H2.6Sb.Zr.2H/c1-3-7-13(8-4-1)11-12-14-9-5-2-6-10-14;2*1-2;;;;;;;;;/h1-10H,11-12H2;2*1-2H;;;;;;;;;/q;2*-1;;;;;;;+2;;. The molecule has 7 heteroatoms. The fraction of sp³-hybridized carbons (Fsp3) is 0.111. The Labute approximate surface area is 245 Å². The van der Waals surface area contributed by atoms with E-state index in [2.05, 4.69) is 60.7 Å². The zero-order valence-electron chi connectivity index (χ0n) is 13.8. The van der Waals surface area contributed by atoms with E-state index in [9.17, 15) is 0 Å². The summed E-state index contributed by atoms with van der Waals surface area (Å²) in [4.78, 5) is 0. The molecule has 2 aromatic carbocycles.